The fraction of sp³-hybridized carbons (Fsp3) is 0.220. The number of carboxylic acid groups (broad SMARTS) is 1. The maximum atomic E-state index is 13.6. The standard InChI is InChI=1S/C22H22ClNO.C22H22N2O2.C22H19NO4.C20H21NO2.C19H18FNO2.C18H17FN2O2S/c1-17(25)7-12-21-13-14-22(19-8-10-20(23)11-9-19)24(21)16-15-18-5-3-2-4-6-18;1-15-22(16(2)25)18-10-4-6-12-20(18)24(15)14-21(26)23-13-7-9-17-8-3-5-11-19(17)23;1-15(24)14-27-22(26)19-11-4-5-12-20(19)23-21(25)13-17-9-6-8-16-7-2-3-10-18(16)17;1-15-7-2-3-8-16(15)13-21-14-17(9-6-12-20(22)23)18-10-4-5-11-19(18)21;1-14(22)4-9-17-10-11-19(15-5-7-16(20)8-6-15)21(17)13-18-3-2-12-23-18;1-13(22)12-24-18-20-15-7-3-4-8-16(15)21(18)10-11-23-17-9-5-2-6-14(17)19/h2-6,8-11,13-14H,7,12,15-16H2,1H3;3-6,8,10-12H,7,9,13-14H2,1-2H3;2-12H,13-14H2,1H3,(H,23,25);2-5,7-8,10-11,14H,6,9,12-13H2,1H3,(H,22,23);2-3,5-8,10-12H,4,9,13H2,1H3;2-9H,10-12H2,1H3. The minimum absolute atomic E-state index is 0.0354. The molecule has 0 saturated heterocycles. The third-order valence-corrected chi connectivity index (χ3v) is 26.7. The van der Waals surface area contributed by atoms with Gasteiger partial charge in [0.1, 0.15) is 48.7 Å². The number of amides is 2. The van der Waals surface area contributed by atoms with Crippen LogP contribution >= 0.6 is 23.4 Å². The summed E-state index contributed by atoms with van der Waals surface area (Å²) in [6.45, 7) is 15.6. The van der Waals surface area contributed by atoms with Crippen LogP contribution in [0.3, 0.4) is 0 Å². The molecular weight excluding hydrogens is 1900 g/mol. The molecule has 1 aliphatic rings. The molecule has 19 rings (SSSR count). The Hall–Kier alpha value is -16.2. The van der Waals surface area contributed by atoms with Crippen molar-refractivity contribution in [2.45, 2.75) is 157 Å². The van der Waals surface area contributed by atoms with Crippen LogP contribution in [0.2, 0.25) is 5.02 Å². The lowest BCUT2D eigenvalue weighted by Gasteiger charge is -2.30. The Morgan fingerprint density at radius 1 is 0.514 bits per heavy atom. The van der Waals surface area contributed by atoms with Gasteiger partial charge in [0.15, 0.2) is 28.3 Å². The number of imidazole rings is 1. The predicted molar refractivity (Wildman–Crippen MR) is 584 cm³/mol. The van der Waals surface area contributed by atoms with Gasteiger partial charge in [-0.1, -0.05) is 224 Å². The third-order valence-electron chi connectivity index (χ3n) is 25.3. The van der Waals surface area contributed by atoms with E-state index in [4.69, 9.17) is 30.6 Å². The van der Waals surface area contributed by atoms with E-state index >= 15 is 0 Å². The number of ketones is 5. The van der Waals surface area contributed by atoms with Crippen LogP contribution in [0.5, 0.6) is 5.75 Å². The van der Waals surface area contributed by atoms with Gasteiger partial charge in [-0.15, -0.1) is 0 Å². The zero-order valence-corrected chi connectivity index (χ0v) is 85.6. The predicted octanol–water partition coefficient (Wildman–Crippen LogP) is 26.3. The van der Waals surface area contributed by atoms with Crippen LogP contribution in [-0.4, -0.2) is 111 Å². The van der Waals surface area contributed by atoms with Gasteiger partial charge in [0.05, 0.1) is 53.8 Å². The molecule has 0 saturated carbocycles. The number of thioether (sulfide) groups is 1. The summed E-state index contributed by atoms with van der Waals surface area (Å²) in [6, 6.07) is 104. The number of para-hydroxylation sites is 7. The molecule has 12 aromatic carbocycles. The highest BCUT2D eigenvalue weighted by molar-refractivity contribution is 7.99. The summed E-state index contributed by atoms with van der Waals surface area (Å²) >= 11 is 7.43. The van der Waals surface area contributed by atoms with Crippen molar-refractivity contribution in [2.24, 2.45) is 0 Å². The number of aromatic nitrogens is 6. The molecule has 0 aliphatic carbocycles. The largest absolute Gasteiger partial charge is 0.489 e. The van der Waals surface area contributed by atoms with E-state index in [1.165, 1.54) is 87.0 Å². The maximum absolute atomic E-state index is 13.6. The zero-order chi connectivity index (χ0) is 105. The SMILES string of the molecule is CC(=O)CCc1ccc(-c2ccc(Cl)cc2)n1CCc1ccccc1.CC(=O)CCc1ccc(-c2ccc(F)cc2)n1Cc1ccco1.CC(=O)COC(=O)c1ccccc1NC(=O)Cc1cccc2ccccc12.CC(=O)CSc1nc2ccccc2n1CCOc1ccccc1F.CC(=O)c1c(C)n(CC(=O)N2CCCc3ccccc32)c2ccccc12.Cc1ccccc1Cn1cc(CCCC(=O)O)c2ccccc21. The van der Waals surface area contributed by atoms with Gasteiger partial charge < -0.3 is 61.6 Å². The lowest BCUT2D eigenvalue weighted by atomic mass is 10.0. The molecule has 7 heterocycles. The molecule has 148 heavy (non-hydrogen) atoms. The van der Waals surface area contributed by atoms with Crippen molar-refractivity contribution in [1.82, 2.24) is 27.8 Å². The average molecular weight is 2020 g/mol. The minimum Gasteiger partial charge on any atom is -0.489 e. The number of furan rings is 1. The Morgan fingerprint density at radius 3 is 1.82 bits per heavy atom. The van der Waals surface area contributed by atoms with E-state index in [0.717, 1.165) is 140 Å². The monoisotopic (exact) mass is 2020 g/mol. The highest BCUT2D eigenvalue weighted by Crippen LogP contribution is 2.35. The van der Waals surface area contributed by atoms with Crippen molar-refractivity contribution >= 4 is 131 Å². The summed E-state index contributed by atoms with van der Waals surface area (Å²) in [5, 5.41) is 17.3. The van der Waals surface area contributed by atoms with Crippen molar-refractivity contribution in [3.8, 4) is 28.3 Å². The van der Waals surface area contributed by atoms with Gasteiger partial charge >= 0.3 is 11.9 Å². The van der Waals surface area contributed by atoms with Crippen molar-refractivity contribution < 1.29 is 70.9 Å². The molecular formula is C123H119ClF2N8O13S. The highest BCUT2D eigenvalue weighted by Gasteiger charge is 2.27. The molecule has 0 unspecified atom stereocenters. The number of esters is 1. The molecule has 0 spiro atoms. The maximum Gasteiger partial charge on any atom is 0.340 e. The molecule has 0 radical (unpaired) electrons. The molecule has 25 heteroatoms. The number of fused-ring (bicyclic) bond motifs is 5. The first-order valence-electron chi connectivity index (χ1n) is 49.4. The molecule has 2 N–H and O–H groups in total. The van der Waals surface area contributed by atoms with Crippen molar-refractivity contribution in [3.63, 3.8) is 0 Å². The number of nitrogens with zero attached hydrogens (tertiary/aromatic N) is 7. The van der Waals surface area contributed by atoms with E-state index in [1.54, 1.807) is 88.6 Å². The van der Waals surface area contributed by atoms with E-state index in [0.29, 0.717) is 62.4 Å². The Labute approximate surface area is 869 Å². The lowest BCUT2D eigenvalue weighted by Crippen LogP contribution is -2.37. The summed E-state index contributed by atoms with van der Waals surface area (Å²) < 4.78 is 53.4. The zero-order valence-electron chi connectivity index (χ0n) is 84.0. The van der Waals surface area contributed by atoms with Crippen LogP contribution in [0, 0.1) is 25.5 Å². The number of anilines is 2. The summed E-state index contributed by atoms with van der Waals surface area (Å²) in [5.74, 6) is -0.452. The van der Waals surface area contributed by atoms with E-state index in [1.807, 2.05) is 191 Å². The molecule has 1 aliphatic heterocycles. The first-order valence-corrected chi connectivity index (χ1v) is 50.8. The molecule has 0 atom stereocenters. The van der Waals surface area contributed by atoms with Crippen molar-refractivity contribution in [1.29, 1.82) is 0 Å². The second kappa shape index (κ2) is 53.1. The minimum atomic E-state index is -0.728. The van der Waals surface area contributed by atoms with E-state index < -0.39 is 11.9 Å². The molecule has 0 bridgehead atoms. The number of ether oxygens (including phenoxy) is 2. The second-order valence-electron chi connectivity index (χ2n) is 36.3. The summed E-state index contributed by atoms with van der Waals surface area (Å²) in [5.41, 5.74) is 20.9. The number of carboxylic acids is 1. The molecule has 6 aromatic heterocycles. The van der Waals surface area contributed by atoms with Crippen LogP contribution in [0.4, 0.5) is 20.2 Å². The number of aryl methyl sites for hydroxylation is 6. The number of carbonyl (C=O) groups excluding carboxylic acids is 8. The fourth-order valence-corrected chi connectivity index (χ4v) is 19.0. The van der Waals surface area contributed by atoms with Crippen LogP contribution < -0.4 is 15.0 Å². The van der Waals surface area contributed by atoms with Gasteiger partial charge in [-0.05, 0) is 276 Å². The van der Waals surface area contributed by atoms with E-state index in [-0.39, 0.29) is 89.7 Å². The number of Topliss-reactive ketones (excluding diaryl/α,β-unsaturated/α-hetero) is 5. The first kappa shape index (κ1) is 108. The smallest absolute Gasteiger partial charge is 0.340 e. The molecule has 18 aromatic rings. The molecule has 756 valence electrons. The van der Waals surface area contributed by atoms with Crippen molar-refractivity contribution in [2.75, 3.05) is 35.7 Å². The van der Waals surface area contributed by atoms with Gasteiger partial charge in [0.2, 0.25) is 11.8 Å². The number of nitrogens with one attached hydrogen (secondary N) is 1. The summed E-state index contributed by atoms with van der Waals surface area (Å²) in [7, 11) is 0. The number of hydrogen-bond donors (Lipinski definition) is 2. The Bertz CT molecular complexity index is 7670. The Kier molecular flexibility index (Phi) is 38.6. The van der Waals surface area contributed by atoms with Crippen LogP contribution in [0.25, 0.3) is 66.1 Å². The first-order chi connectivity index (χ1) is 71.7. The quantitative estimate of drug-likeness (QED) is 0.0213. The number of carbonyl (C=O) groups is 9. The van der Waals surface area contributed by atoms with E-state index in [9.17, 15) is 51.9 Å². The van der Waals surface area contributed by atoms with Crippen LogP contribution in [0.1, 0.15) is 144 Å². The number of aliphatic carboxylic acids is 1. The van der Waals surface area contributed by atoms with Gasteiger partial charge in [-0.3, -0.25) is 28.8 Å². The number of rotatable bonds is 35. The van der Waals surface area contributed by atoms with Gasteiger partial charge in [0.25, 0.3) is 0 Å². The van der Waals surface area contributed by atoms with Gasteiger partial charge in [-0.25, -0.2) is 18.6 Å². The van der Waals surface area contributed by atoms with Gasteiger partial charge in [0, 0.05) is 112 Å². The lowest BCUT2D eigenvalue weighted by molar-refractivity contribution is -0.137. The molecule has 21 nitrogen and oxygen atoms in total. The summed E-state index contributed by atoms with van der Waals surface area (Å²) in [6.07, 6.45) is 11.2. The Balaban J connectivity index is 0.000000140. The number of benzene rings is 12. The third kappa shape index (κ3) is 29.6. The average Bonchev–Trinajstić information content (AvgIpc) is 1.61. The second-order valence-corrected chi connectivity index (χ2v) is 37.6. The highest BCUT2D eigenvalue weighted by atomic mass is 35.5. The number of hydrogen-bond acceptors (Lipinski definition) is 14. The summed E-state index contributed by atoms with van der Waals surface area (Å²) in [4.78, 5) is 112. The molecule has 2 amide bonds. The van der Waals surface area contributed by atoms with Crippen molar-refractivity contribution in [3.05, 3.63) is 424 Å². The normalized spacial score (nSPS) is 11.3. The number of halogens is 3. The van der Waals surface area contributed by atoms with Gasteiger partial charge in [-0.2, -0.15) is 0 Å². The Morgan fingerprint density at radius 2 is 1.13 bits per heavy atom. The fourth-order valence-electron chi connectivity index (χ4n) is 18.0. The van der Waals surface area contributed by atoms with Crippen LogP contribution in [-0.2, 0) is 110 Å². The van der Waals surface area contributed by atoms with Crippen LogP contribution in [0.15, 0.2) is 350 Å². The van der Waals surface area contributed by atoms with E-state index in [2.05, 4.69) is 122 Å². The topological polar surface area (TPSA) is 258 Å². The molecule has 0 fully saturated rings.